The normalized spacial score (nSPS) is 19.0. The van der Waals surface area contributed by atoms with Crippen LogP contribution in [-0.4, -0.2) is 54.5 Å². The molecule has 1 N–H and O–H groups in total. The third kappa shape index (κ3) is 5.17. The summed E-state index contributed by atoms with van der Waals surface area (Å²) >= 11 is 0. The van der Waals surface area contributed by atoms with Gasteiger partial charge in [-0.3, -0.25) is 9.59 Å². The zero-order chi connectivity index (χ0) is 22.5. The lowest BCUT2D eigenvalue weighted by atomic mass is 9.85. The van der Waals surface area contributed by atoms with Crippen LogP contribution in [0.25, 0.3) is 0 Å². The zero-order valence-corrected chi connectivity index (χ0v) is 18.3. The summed E-state index contributed by atoms with van der Waals surface area (Å²) in [6.45, 7) is 2.85. The Labute approximate surface area is 182 Å². The molecule has 0 aromatic heterocycles. The Morgan fingerprint density at radius 1 is 0.968 bits per heavy atom. The lowest BCUT2D eigenvalue weighted by Gasteiger charge is -2.50. The Balaban J connectivity index is 1.88. The number of hydrogen-bond acceptors (Lipinski definition) is 6. The zero-order valence-electron chi connectivity index (χ0n) is 18.3. The number of hydrogen-bond donors (Lipinski definition) is 1. The quantitative estimate of drug-likeness (QED) is 0.489. The van der Waals surface area contributed by atoms with E-state index in [1.807, 2.05) is 48.5 Å². The van der Waals surface area contributed by atoms with E-state index in [1.165, 1.54) is 6.92 Å². The summed E-state index contributed by atoms with van der Waals surface area (Å²) in [5.41, 5.74) is 2.04. The molecule has 0 saturated carbocycles. The average molecular weight is 427 g/mol. The Morgan fingerprint density at radius 2 is 1.42 bits per heavy atom. The number of amides is 1. The van der Waals surface area contributed by atoms with E-state index in [0.29, 0.717) is 12.8 Å². The molecule has 7 heteroatoms. The van der Waals surface area contributed by atoms with Crippen molar-refractivity contribution in [2.75, 3.05) is 14.2 Å². The summed E-state index contributed by atoms with van der Waals surface area (Å²) in [5, 5.41) is 10.1. The molecule has 1 heterocycles. The van der Waals surface area contributed by atoms with E-state index in [0.717, 1.165) is 22.6 Å². The summed E-state index contributed by atoms with van der Waals surface area (Å²) < 4.78 is 15.9. The minimum absolute atomic E-state index is 0.215. The van der Waals surface area contributed by atoms with Gasteiger partial charge >= 0.3 is 5.97 Å². The molecule has 1 aliphatic heterocycles. The van der Waals surface area contributed by atoms with Gasteiger partial charge in [-0.05, 0) is 55.2 Å². The molecule has 166 valence electrons. The van der Waals surface area contributed by atoms with Crippen molar-refractivity contribution in [2.24, 2.45) is 5.92 Å². The molecule has 0 spiro atoms. The minimum atomic E-state index is -0.907. The van der Waals surface area contributed by atoms with E-state index in [9.17, 15) is 14.7 Å². The number of carbonyl (C=O) groups is 2. The maximum Gasteiger partial charge on any atom is 0.304 e. The van der Waals surface area contributed by atoms with Crippen LogP contribution in [0.2, 0.25) is 0 Å². The van der Waals surface area contributed by atoms with Crippen LogP contribution in [0.4, 0.5) is 0 Å². The number of aliphatic hydroxyl groups is 1. The van der Waals surface area contributed by atoms with Crippen molar-refractivity contribution in [2.45, 2.75) is 45.1 Å². The third-order valence-electron chi connectivity index (χ3n) is 5.58. The van der Waals surface area contributed by atoms with E-state index >= 15 is 0 Å². The standard InChI is InChI=1S/C24H29NO6/c1-15(26)22-23(28)25(24(22)31-16(2)27)19(13-17-5-9-20(29-3)10-6-17)14-18-7-11-21(30-4)12-8-18/h5-12,15,19,22,24,26H,13-14H2,1-4H3/t15-,22-,24+/m1/s1. The van der Waals surface area contributed by atoms with Crippen molar-refractivity contribution in [3.05, 3.63) is 59.7 Å². The molecular weight excluding hydrogens is 398 g/mol. The first kappa shape index (κ1) is 22.6. The van der Waals surface area contributed by atoms with Crippen molar-refractivity contribution in [3.8, 4) is 11.5 Å². The summed E-state index contributed by atoms with van der Waals surface area (Å²) in [6, 6.07) is 15.1. The van der Waals surface area contributed by atoms with Crippen LogP contribution in [0.1, 0.15) is 25.0 Å². The number of ether oxygens (including phenoxy) is 3. The van der Waals surface area contributed by atoms with E-state index in [1.54, 1.807) is 26.0 Å². The molecule has 1 aliphatic rings. The van der Waals surface area contributed by atoms with E-state index in [2.05, 4.69) is 0 Å². The van der Waals surface area contributed by atoms with Crippen LogP contribution in [0.15, 0.2) is 48.5 Å². The number of aliphatic hydroxyl groups excluding tert-OH is 1. The predicted molar refractivity (Wildman–Crippen MR) is 115 cm³/mol. The summed E-state index contributed by atoms with van der Waals surface area (Å²) in [6.07, 6.45) is -0.569. The fourth-order valence-electron chi connectivity index (χ4n) is 3.98. The Kier molecular flexibility index (Phi) is 7.17. The molecule has 2 aromatic carbocycles. The van der Waals surface area contributed by atoms with Crippen LogP contribution in [0, 0.1) is 5.92 Å². The van der Waals surface area contributed by atoms with Gasteiger partial charge in [0.25, 0.3) is 0 Å². The first-order chi connectivity index (χ1) is 14.8. The molecule has 0 bridgehead atoms. The minimum Gasteiger partial charge on any atom is -0.497 e. The number of methoxy groups -OCH3 is 2. The lowest BCUT2D eigenvalue weighted by Crippen LogP contribution is -2.69. The number of esters is 1. The van der Waals surface area contributed by atoms with Crippen LogP contribution in [0.5, 0.6) is 11.5 Å². The molecule has 1 fully saturated rings. The number of carbonyl (C=O) groups excluding carboxylic acids is 2. The summed E-state index contributed by atoms with van der Waals surface area (Å²) in [5.74, 6) is 0.0529. The predicted octanol–water partition coefficient (Wildman–Crippen LogP) is 2.59. The number of rotatable bonds is 9. The Morgan fingerprint density at radius 3 is 1.77 bits per heavy atom. The van der Waals surface area contributed by atoms with Gasteiger partial charge in [0, 0.05) is 13.0 Å². The fourth-order valence-corrected chi connectivity index (χ4v) is 3.98. The van der Waals surface area contributed by atoms with E-state index < -0.39 is 24.2 Å². The number of nitrogens with zero attached hydrogens (tertiary/aromatic N) is 1. The van der Waals surface area contributed by atoms with Gasteiger partial charge in [-0.1, -0.05) is 24.3 Å². The first-order valence-electron chi connectivity index (χ1n) is 10.3. The van der Waals surface area contributed by atoms with Crippen LogP contribution in [0.3, 0.4) is 0 Å². The van der Waals surface area contributed by atoms with Crippen molar-refractivity contribution >= 4 is 11.9 Å². The van der Waals surface area contributed by atoms with E-state index in [4.69, 9.17) is 14.2 Å². The second-order valence-corrected chi connectivity index (χ2v) is 7.77. The summed E-state index contributed by atoms with van der Waals surface area (Å²) in [4.78, 5) is 26.2. The first-order valence-corrected chi connectivity index (χ1v) is 10.3. The molecule has 7 nitrogen and oxygen atoms in total. The van der Waals surface area contributed by atoms with Gasteiger partial charge in [0.15, 0.2) is 6.23 Å². The number of β-lactam (4-membered cyclic amide) rings is 1. The maximum absolute atomic E-state index is 13.0. The molecule has 1 amide bonds. The monoisotopic (exact) mass is 427 g/mol. The molecule has 0 unspecified atom stereocenters. The molecular formula is C24H29NO6. The molecule has 3 atom stereocenters. The SMILES string of the molecule is COc1ccc(CC(Cc2ccc(OC)cc2)N2C(=O)[C@@H]([C@@H](C)O)[C@@H]2OC(C)=O)cc1. The van der Waals surface area contributed by atoms with Crippen LogP contribution >= 0.6 is 0 Å². The molecule has 3 rings (SSSR count). The Bertz CT molecular complexity index is 844. The van der Waals surface area contributed by atoms with Crippen LogP contribution in [-0.2, 0) is 27.2 Å². The maximum atomic E-state index is 13.0. The molecule has 1 saturated heterocycles. The molecule has 2 aromatic rings. The number of likely N-dealkylation sites (tertiary alicyclic amines) is 1. The number of benzene rings is 2. The third-order valence-corrected chi connectivity index (χ3v) is 5.58. The van der Waals surface area contributed by atoms with Crippen molar-refractivity contribution < 1.29 is 28.9 Å². The highest BCUT2D eigenvalue weighted by Gasteiger charge is 2.54. The van der Waals surface area contributed by atoms with Gasteiger partial charge in [-0.15, -0.1) is 0 Å². The van der Waals surface area contributed by atoms with Crippen LogP contribution < -0.4 is 9.47 Å². The smallest absolute Gasteiger partial charge is 0.304 e. The van der Waals surface area contributed by atoms with E-state index in [-0.39, 0.29) is 11.9 Å². The highest BCUT2D eigenvalue weighted by Crippen LogP contribution is 2.35. The van der Waals surface area contributed by atoms with Crippen molar-refractivity contribution in [3.63, 3.8) is 0 Å². The van der Waals surface area contributed by atoms with Crippen molar-refractivity contribution in [1.82, 2.24) is 4.90 Å². The van der Waals surface area contributed by atoms with Gasteiger partial charge in [0.1, 0.15) is 17.4 Å². The fraction of sp³-hybridized carbons (Fsp3) is 0.417. The van der Waals surface area contributed by atoms with Gasteiger partial charge in [0.2, 0.25) is 5.91 Å². The van der Waals surface area contributed by atoms with Gasteiger partial charge in [-0.2, -0.15) is 0 Å². The second-order valence-electron chi connectivity index (χ2n) is 7.77. The van der Waals surface area contributed by atoms with Gasteiger partial charge in [-0.25, -0.2) is 0 Å². The van der Waals surface area contributed by atoms with Gasteiger partial charge < -0.3 is 24.2 Å². The molecule has 0 aliphatic carbocycles. The topological polar surface area (TPSA) is 85.3 Å². The molecule has 0 radical (unpaired) electrons. The average Bonchev–Trinajstić information content (AvgIpc) is 2.74. The largest absolute Gasteiger partial charge is 0.497 e. The summed E-state index contributed by atoms with van der Waals surface area (Å²) in [7, 11) is 3.22. The second kappa shape index (κ2) is 9.83. The molecule has 31 heavy (non-hydrogen) atoms. The lowest BCUT2D eigenvalue weighted by molar-refractivity contribution is -0.213. The van der Waals surface area contributed by atoms with Gasteiger partial charge in [0.05, 0.1) is 20.3 Å². The highest BCUT2D eigenvalue weighted by atomic mass is 16.6. The highest BCUT2D eigenvalue weighted by molar-refractivity contribution is 5.87. The Hall–Kier alpha value is -3.06. The van der Waals surface area contributed by atoms with Crippen molar-refractivity contribution in [1.29, 1.82) is 0 Å².